The van der Waals surface area contributed by atoms with Crippen molar-refractivity contribution in [2.75, 3.05) is 4.90 Å². The Balaban J connectivity index is 2.42. The Bertz CT molecular complexity index is 481. The summed E-state index contributed by atoms with van der Waals surface area (Å²) in [6.45, 7) is 3.29. The highest BCUT2D eigenvalue weighted by Gasteiger charge is 2.35. The minimum absolute atomic E-state index is 0.294. The summed E-state index contributed by atoms with van der Waals surface area (Å²) < 4.78 is 0.803. The first-order valence-corrected chi connectivity index (χ1v) is 5.49. The van der Waals surface area contributed by atoms with Crippen molar-refractivity contribution in [2.24, 2.45) is 0 Å². The molecule has 2 heterocycles. The van der Waals surface area contributed by atoms with Gasteiger partial charge in [-0.3, -0.25) is 9.59 Å². The molecule has 0 saturated carbocycles. The summed E-state index contributed by atoms with van der Waals surface area (Å²) in [7, 11) is 0. The van der Waals surface area contributed by atoms with Crippen LogP contribution >= 0.6 is 15.9 Å². The highest BCUT2D eigenvalue weighted by molar-refractivity contribution is 9.10. The lowest BCUT2D eigenvalue weighted by atomic mass is 10.2. The topological polar surface area (TPSA) is 50.3 Å². The van der Waals surface area contributed by atoms with E-state index in [0.717, 1.165) is 9.37 Å². The van der Waals surface area contributed by atoms with Crippen LogP contribution < -0.4 is 4.90 Å². The number of anilines is 1. The predicted molar refractivity (Wildman–Crippen MR) is 62.8 cm³/mol. The van der Waals surface area contributed by atoms with Crippen LogP contribution in [0.5, 0.6) is 0 Å². The Hall–Kier alpha value is -1.49. The smallest absolute Gasteiger partial charge is 0.262 e. The van der Waals surface area contributed by atoms with E-state index in [4.69, 9.17) is 0 Å². The Morgan fingerprint density at radius 1 is 1.12 bits per heavy atom. The van der Waals surface area contributed by atoms with Crippen LogP contribution in [0.25, 0.3) is 0 Å². The van der Waals surface area contributed by atoms with E-state index in [-0.39, 0.29) is 11.8 Å². The quantitative estimate of drug-likeness (QED) is 0.740. The van der Waals surface area contributed by atoms with Crippen LogP contribution in [-0.2, 0) is 9.59 Å². The fourth-order valence-corrected chi connectivity index (χ4v) is 1.69. The van der Waals surface area contributed by atoms with Crippen molar-refractivity contribution in [1.82, 2.24) is 4.98 Å². The molecule has 0 unspecified atom stereocenters. The second-order valence-corrected chi connectivity index (χ2v) is 4.45. The maximum atomic E-state index is 11.8. The molecule has 1 aliphatic rings. The summed E-state index contributed by atoms with van der Waals surface area (Å²) in [5.41, 5.74) is 0.962. The van der Waals surface area contributed by atoms with E-state index in [2.05, 4.69) is 20.9 Å². The minimum atomic E-state index is -0.294. The molecule has 1 aromatic rings. The van der Waals surface area contributed by atoms with Crippen LogP contribution in [0.4, 0.5) is 5.82 Å². The summed E-state index contributed by atoms with van der Waals surface area (Å²) in [6.07, 6.45) is 1.55. The molecule has 0 bridgehead atoms. The van der Waals surface area contributed by atoms with Crippen LogP contribution in [0.3, 0.4) is 0 Å². The number of aromatic nitrogens is 1. The molecule has 1 aromatic heterocycles. The molecule has 2 rings (SSSR count). The number of hydrogen-bond donors (Lipinski definition) is 0. The summed E-state index contributed by atoms with van der Waals surface area (Å²) in [4.78, 5) is 28.7. The summed E-state index contributed by atoms with van der Waals surface area (Å²) in [5.74, 6) is -0.232. The lowest BCUT2D eigenvalue weighted by Gasteiger charge is -2.13. The van der Waals surface area contributed by atoms with Crippen LogP contribution in [0.1, 0.15) is 13.8 Å². The van der Waals surface area contributed by atoms with E-state index in [9.17, 15) is 9.59 Å². The van der Waals surface area contributed by atoms with E-state index in [1.54, 1.807) is 32.2 Å². The third-order valence-corrected chi connectivity index (χ3v) is 3.02. The van der Waals surface area contributed by atoms with Crippen molar-refractivity contribution in [3.05, 3.63) is 33.9 Å². The molecular formula is C11H9BrN2O2. The summed E-state index contributed by atoms with van der Waals surface area (Å²) in [6, 6.07) is 3.37. The number of nitrogens with zero attached hydrogens (tertiary/aromatic N) is 2. The van der Waals surface area contributed by atoms with E-state index in [1.165, 1.54) is 0 Å². The van der Waals surface area contributed by atoms with Crippen molar-refractivity contribution < 1.29 is 9.59 Å². The molecule has 2 amide bonds. The summed E-state index contributed by atoms with van der Waals surface area (Å²) in [5, 5.41) is 0. The van der Waals surface area contributed by atoms with Gasteiger partial charge in [0.15, 0.2) is 0 Å². The minimum Gasteiger partial charge on any atom is -0.269 e. The zero-order valence-electron chi connectivity index (χ0n) is 8.82. The number of carbonyl (C=O) groups is 2. The van der Waals surface area contributed by atoms with Gasteiger partial charge in [-0.1, -0.05) is 0 Å². The Kier molecular flexibility index (Phi) is 2.63. The summed E-state index contributed by atoms with van der Waals surface area (Å²) >= 11 is 3.25. The Morgan fingerprint density at radius 2 is 1.69 bits per heavy atom. The monoisotopic (exact) mass is 280 g/mol. The van der Waals surface area contributed by atoms with Gasteiger partial charge < -0.3 is 0 Å². The van der Waals surface area contributed by atoms with Gasteiger partial charge >= 0.3 is 0 Å². The largest absolute Gasteiger partial charge is 0.269 e. The lowest BCUT2D eigenvalue weighted by molar-refractivity contribution is -0.120. The van der Waals surface area contributed by atoms with Crippen molar-refractivity contribution in [3.8, 4) is 0 Å². The van der Waals surface area contributed by atoms with Crippen LogP contribution in [0.2, 0.25) is 0 Å². The van der Waals surface area contributed by atoms with E-state index in [1.807, 2.05) is 0 Å². The van der Waals surface area contributed by atoms with Crippen LogP contribution in [0.15, 0.2) is 33.9 Å². The van der Waals surface area contributed by atoms with Crippen LogP contribution in [-0.4, -0.2) is 16.8 Å². The van der Waals surface area contributed by atoms with E-state index in [0.29, 0.717) is 17.0 Å². The number of hydrogen-bond acceptors (Lipinski definition) is 3. The molecule has 0 saturated heterocycles. The molecule has 0 aliphatic carbocycles. The molecule has 82 valence electrons. The van der Waals surface area contributed by atoms with Gasteiger partial charge in [0.1, 0.15) is 5.82 Å². The highest BCUT2D eigenvalue weighted by Crippen LogP contribution is 2.25. The number of imide groups is 1. The zero-order chi connectivity index (χ0) is 11.9. The van der Waals surface area contributed by atoms with Gasteiger partial charge in [0.05, 0.1) is 0 Å². The van der Waals surface area contributed by atoms with Gasteiger partial charge in [-0.15, -0.1) is 0 Å². The molecule has 0 atom stereocenters. The maximum absolute atomic E-state index is 11.8. The van der Waals surface area contributed by atoms with Gasteiger partial charge in [-0.2, -0.15) is 0 Å². The molecule has 5 heteroatoms. The zero-order valence-corrected chi connectivity index (χ0v) is 10.4. The van der Waals surface area contributed by atoms with Gasteiger partial charge in [0.2, 0.25) is 0 Å². The van der Waals surface area contributed by atoms with E-state index < -0.39 is 0 Å². The van der Waals surface area contributed by atoms with Crippen molar-refractivity contribution in [1.29, 1.82) is 0 Å². The van der Waals surface area contributed by atoms with Gasteiger partial charge in [-0.05, 0) is 41.9 Å². The molecule has 4 nitrogen and oxygen atoms in total. The first-order chi connectivity index (χ1) is 7.52. The normalized spacial score (nSPS) is 16.3. The molecule has 16 heavy (non-hydrogen) atoms. The molecule has 0 N–H and O–H groups in total. The predicted octanol–water partition coefficient (Wildman–Crippen LogP) is 2.05. The van der Waals surface area contributed by atoms with Gasteiger partial charge in [0, 0.05) is 21.8 Å². The van der Waals surface area contributed by atoms with Gasteiger partial charge in [-0.25, -0.2) is 9.88 Å². The van der Waals surface area contributed by atoms with Gasteiger partial charge in [0.25, 0.3) is 11.8 Å². The Labute approximate surface area is 101 Å². The third kappa shape index (κ3) is 1.57. The molecular weight excluding hydrogens is 272 g/mol. The van der Waals surface area contributed by atoms with Crippen LogP contribution in [0, 0.1) is 0 Å². The third-order valence-electron chi connectivity index (χ3n) is 2.55. The van der Waals surface area contributed by atoms with E-state index >= 15 is 0 Å². The number of rotatable bonds is 1. The molecule has 0 aromatic carbocycles. The number of carbonyl (C=O) groups excluding carboxylic acids is 2. The second kappa shape index (κ2) is 3.83. The average molecular weight is 281 g/mol. The highest BCUT2D eigenvalue weighted by atomic mass is 79.9. The number of amides is 2. The first-order valence-electron chi connectivity index (χ1n) is 4.70. The molecule has 0 spiro atoms. The maximum Gasteiger partial charge on any atom is 0.262 e. The average Bonchev–Trinajstić information content (AvgIpc) is 2.46. The fraction of sp³-hybridized carbons (Fsp3) is 0.182. The Morgan fingerprint density at radius 3 is 2.12 bits per heavy atom. The SMILES string of the molecule is CC1=C(C)C(=O)N(c2ccc(Br)cn2)C1=O. The number of halogens is 1. The molecule has 0 fully saturated rings. The van der Waals surface area contributed by atoms with Crippen molar-refractivity contribution in [3.63, 3.8) is 0 Å². The molecule has 1 aliphatic heterocycles. The fourth-order valence-electron chi connectivity index (χ4n) is 1.46. The van der Waals surface area contributed by atoms with Crippen molar-refractivity contribution in [2.45, 2.75) is 13.8 Å². The molecule has 0 radical (unpaired) electrons. The first kappa shape index (κ1) is 11.0. The van der Waals surface area contributed by atoms with Crippen molar-refractivity contribution >= 4 is 33.6 Å². The number of pyridine rings is 1. The lowest BCUT2D eigenvalue weighted by Crippen LogP contribution is -2.31. The standard InChI is InChI=1S/C11H9BrN2O2/c1-6-7(2)11(16)14(10(6)15)9-4-3-8(12)5-13-9/h3-5H,1-2H3. The second-order valence-electron chi connectivity index (χ2n) is 3.53.